The van der Waals surface area contributed by atoms with Gasteiger partial charge in [-0.15, -0.1) is 0 Å². The minimum atomic E-state index is -4.45. The van der Waals surface area contributed by atoms with Gasteiger partial charge in [0.1, 0.15) is 11.4 Å². The molecule has 1 unspecified atom stereocenters. The van der Waals surface area contributed by atoms with E-state index in [0.29, 0.717) is 4.68 Å². The van der Waals surface area contributed by atoms with Crippen LogP contribution in [0.5, 0.6) is 0 Å². The van der Waals surface area contributed by atoms with Crippen molar-refractivity contribution >= 4 is 10.0 Å². The average Bonchev–Trinajstić information content (AvgIpc) is 3.05. The first-order valence-electron chi connectivity index (χ1n) is 7.03. The molecule has 10 heteroatoms. The zero-order chi connectivity index (χ0) is 16.4. The predicted molar refractivity (Wildman–Crippen MR) is 73.4 cm³/mol. The first kappa shape index (κ1) is 17.2. The first-order chi connectivity index (χ1) is 10.2. The predicted octanol–water partition coefficient (Wildman–Crippen LogP) is 1.24. The number of rotatable bonds is 6. The lowest BCUT2D eigenvalue weighted by Crippen LogP contribution is -2.44. The fourth-order valence-corrected chi connectivity index (χ4v) is 3.99. The van der Waals surface area contributed by atoms with Crippen LogP contribution in [-0.4, -0.2) is 37.0 Å². The summed E-state index contributed by atoms with van der Waals surface area (Å²) in [5.74, 6) is 0.171. The third-order valence-corrected chi connectivity index (χ3v) is 5.23. The van der Waals surface area contributed by atoms with E-state index in [1.165, 1.54) is 0 Å². The highest BCUT2D eigenvalue weighted by molar-refractivity contribution is 7.89. The van der Waals surface area contributed by atoms with Gasteiger partial charge in [-0.05, 0) is 18.8 Å². The van der Waals surface area contributed by atoms with Gasteiger partial charge in [-0.3, -0.25) is 4.68 Å². The van der Waals surface area contributed by atoms with Crippen molar-refractivity contribution < 1.29 is 21.6 Å². The maximum atomic E-state index is 12.3. The Hall–Kier alpha value is -1.13. The van der Waals surface area contributed by atoms with Crippen LogP contribution >= 0.6 is 0 Å². The zero-order valence-electron chi connectivity index (χ0n) is 11.9. The number of nitrogens with zero attached hydrogens (tertiary/aromatic N) is 2. The Bertz CT molecular complexity index is 594. The van der Waals surface area contributed by atoms with Gasteiger partial charge in [-0.2, -0.15) is 18.3 Å². The van der Waals surface area contributed by atoms with E-state index in [1.54, 1.807) is 0 Å². The van der Waals surface area contributed by atoms with Crippen molar-refractivity contribution in [3.8, 4) is 0 Å². The largest absolute Gasteiger partial charge is 0.408 e. The van der Waals surface area contributed by atoms with Crippen LogP contribution in [0.25, 0.3) is 0 Å². The summed E-state index contributed by atoms with van der Waals surface area (Å²) in [4.78, 5) is -0.284. The Morgan fingerprint density at radius 1 is 1.41 bits per heavy atom. The van der Waals surface area contributed by atoms with E-state index in [-0.39, 0.29) is 17.4 Å². The van der Waals surface area contributed by atoms with Gasteiger partial charge in [0.15, 0.2) is 0 Å². The second-order valence-corrected chi connectivity index (χ2v) is 7.21. The van der Waals surface area contributed by atoms with Crippen LogP contribution in [0.15, 0.2) is 17.3 Å². The highest BCUT2D eigenvalue weighted by Crippen LogP contribution is 2.28. The topological polar surface area (TPSA) is 90.0 Å². The van der Waals surface area contributed by atoms with Crippen LogP contribution in [0, 0.1) is 5.92 Å². The van der Waals surface area contributed by atoms with Crippen molar-refractivity contribution in [1.82, 2.24) is 14.5 Å². The van der Waals surface area contributed by atoms with Gasteiger partial charge in [-0.1, -0.05) is 12.8 Å². The molecule has 3 N–H and O–H groups in total. The van der Waals surface area contributed by atoms with Crippen molar-refractivity contribution in [3.63, 3.8) is 0 Å². The summed E-state index contributed by atoms with van der Waals surface area (Å²) >= 11 is 0. The molecule has 6 nitrogen and oxygen atoms in total. The summed E-state index contributed by atoms with van der Waals surface area (Å²) in [6.07, 6.45) is 1.20. The zero-order valence-corrected chi connectivity index (χ0v) is 12.7. The Morgan fingerprint density at radius 2 is 2.05 bits per heavy atom. The molecule has 1 heterocycles. The standard InChI is InChI=1S/C12H19F3N4O2S/c13-12(14,15)8-19-7-10(6-17-19)22(20,21)18-11(5-16)9-3-1-2-4-9/h6-7,9,11,18H,1-5,8,16H2. The lowest BCUT2D eigenvalue weighted by molar-refractivity contribution is -0.142. The Kier molecular flexibility index (Phi) is 5.13. The lowest BCUT2D eigenvalue weighted by atomic mass is 9.99. The molecule has 1 fully saturated rings. The number of nitrogens with one attached hydrogen (secondary N) is 1. The van der Waals surface area contributed by atoms with E-state index in [2.05, 4.69) is 9.82 Å². The molecule has 0 bridgehead atoms. The summed E-state index contributed by atoms with van der Waals surface area (Å²) in [5, 5.41) is 3.44. The molecule has 1 aliphatic carbocycles. The summed E-state index contributed by atoms with van der Waals surface area (Å²) in [6, 6.07) is -0.404. The SMILES string of the molecule is NCC(NS(=O)(=O)c1cnn(CC(F)(F)F)c1)C1CCCC1. The second kappa shape index (κ2) is 6.55. The summed E-state index contributed by atoms with van der Waals surface area (Å²) < 4.78 is 64.3. The first-order valence-corrected chi connectivity index (χ1v) is 8.51. The van der Waals surface area contributed by atoms with Gasteiger partial charge in [0.05, 0.1) is 6.20 Å². The summed E-state index contributed by atoms with van der Waals surface area (Å²) in [6.45, 7) is -1.17. The van der Waals surface area contributed by atoms with Crippen LogP contribution in [0.1, 0.15) is 25.7 Å². The van der Waals surface area contributed by atoms with Crippen LogP contribution in [0.2, 0.25) is 0 Å². The second-order valence-electron chi connectivity index (χ2n) is 5.50. The summed E-state index contributed by atoms with van der Waals surface area (Å²) in [7, 11) is -3.92. The minimum absolute atomic E-state index is 0.153. The third-order valence-electron chi connectivity index (χ3n) is 3.79. The normalized spacial score (nSPS) is 18.7. The van der Waals surface area contributed by atoms with Gasteiger partial charge < -0.3 is 5.73 Å². The number of halogens is 3. The van der Waals surface area contributed by atoms with Crippen molar-refractivity contribution in [3.05, 3.63) is 12.4 Å². The van der Waals surface area contributed by atoms with E-state index in [1.807, 2.05) is 0 Å². The quantitative estimate of drug-likeness (QED) is 0.815. The molecule has 22 heavy (non-hydrogen) atoms. The molecule has 0 aliphatic heterocycles. The average molecular weight is 340 g/mol. The molecule has 1 saturated carbocycles. The molecule has 0 saturated heterocycles. The van der Waals surface area contributed by atoms with E-state index < -0.39 is 28.8 Å². The molecule has 0 radical (unpaired) electrons. The maximum absolute atomic E-state index is 12.3. The molecule has 126 valence electrons. The fourth-order valence-electron chi connectivity index (χ4n) is 2.72. The molecular formula is C12H19F3N4O2S. The molecule has 2 rings (SSSR count). The van der Waals surface area contributed by atoms with Gasteiger partial charge in [0.25, 0.3) is 0 Å². The number of hydrogen-bond acceptors (Lipinski definition) is 4. The molecule has 0 spiro atoms. The van der Waals surface area contributed by atoms with E-state index in [4.69, 9.17) is 5.73 Å². The highest BCUT2D eigenvalue weighted by Gasteiger charge is 2.31. The fraction of sp³-hybridized carbons (Fsp3) is 0.750. The molecule has 1 aliphatic rings. The van der Waals surface area contributed by atoms with Crippen LogP contribution < -0.4 is 10.5 Å². The Labute approximate surface area is 126 Å². The highest BCUT2D eigenvalue weighted by atomic mass is 32.2. The number of nitrogens with two attached hydrogens (primary N) is 1. The van der Waals surface area contributed by atoms with Crippen molar-refractivity contribution in [2.24, 2.45) is 11.7 Å². The molecular weight excluding hydrogens is 321 g/mol. The molecule has 0 aromatic carbocycles. The monoisotopic (exact) mass is 340 g/mol. The van der Waals surface area contributed by atoms with Crippen molar-refractivity contribution in [2.75, 3.05) is 6.54 Å². The Morgan fingerprint density at radius 3 is 2.59 bits per heavy atom. The minimum Gasteiger partial charge on any atom is -0.329 e. The van der Waals surface area contributed by atoms with Gasteiger partial charge in [0.2, 0.25) is 10.0 Å². The number of alkyl halides is 3. The molecule has 0 amide bonds. The maximum Gasteiger partial charge on any atom is 0.408 e. The Balaban J connectivity index is 2.09. The molecule has 1 atom stereocenters. The van der Waals surface area contributed by atoms with Crippen LogP contribution in [0.3, 0.4) is 0 Å². The van der Waals surface area contributed by atoms with Crippen LogP contribution in [-0.2, 0) is 16.6 Å². The van der Waals surface area contributed by atoms with Crippen molar-refractivity contribution in [1.29, 1.82) is 0 Å². The van der Waals surface area contributed by atoms with E-state index in [0.717, 1.165) is 38.1 Å². The smallest absolute Gasteiger partial charge is 0.329 e. The third kappa shape index (κ3) is 4.43. The van der Waals surface area contributed by atoms with E-state index >= 15 is 0 Å². The molecule has 1 aromatic heterocycles. The van der Waals surface area contributed by atoms with Gasteiger partial charge in [-0.25, -0.2) is 13.1 Å². The number of hydrogen-bond donors (Lipinski definition) is 2. The number of aromatic nitrogens is 2. The lowest BCUT2D eigenvalue weighted by Gasteiger charge is -2.22. The molecule has 1 aromatic rings. The van der Waals surface area contributed by atoms with Gasteiger partial charge in [0, 0.05) is 18.8 Å². The van der Waals surface area contributed by atoms with Gasteiger partial charge >= 0.3 is 6.18 Å². The van der Waals surface area contributed by atoms with E-state index in [9.17, 15) is 21.6 Å². The van der Waals surface area contributed by atoms with Crippen LogP contribution in [0.4, 0.5) is 13.2 Å². The number of sulfonamides is 1. The van der Waals surface area contributed by atoms with Crippen molar-refractivity contribution in [2.45, 2.75) is 49.3 Å². The summed E-state index contributed by atoms with van der Waals surface area (Å²) in [5.41, 5.74) is 5.63.